The number of nitrogens with zero attached hydrogens (tertiary/aromatic N) is 4. The van der Waals surface area contributed by atoms with Crippen molar-refractivity contribution in [2.75, 3.05) is 31.9 Å². The highest BCUT2D eigenvalue weighted by Crippen LogP contribution is 2.15. The van der Waals surface area contributed by atoms with E-state index in [4.69, 9.17) is 21.6 Å². The minimum atomic E-state index is 0.720. The summed E-state index contributed by atoms with van der Waals surface area (Å²) in [6.45, 7) is 3.68. The zero-order valence-electron chi connectivity index (χ0n) is 14.3. The quantitative estimate of drug-likeness (QED) is 0.611. The van der Waals surface area contributed by atoms with Gasteiger partial charge in [0.25, 0.3) is 0 Å². The number of rotatable bonds is 1. The van der Waals surface area contributed by atoms with Crippen LogP contribution in [0.15, 0.2) is 34.3 Å². The number of aliphatic imine (C=N–C) groups is 2. The number of hydrogen-bond donors (Lipinski definition) is 2. The minimum Gasteiger partial charge on any atom is -0.399 e. The van der Waals surface area contributed by atoms with Crippen LogP contribution in [0.25, 0.3) is 0 Å². The van der Waals surface area contributed by atoms with Crippen LogP contribution in [0.1, 0.15) is 44.1 Å². The molecule has 0 bridgehead atoms. The van der Waals surface area contributed by atoms with E-state index in [1.54, 1.807) is 5.01 Å². The molecule has 2 aliphatic heterocycles. The molecule has 130 valence electrons. The molecule has 6 heteroatoms. The molecule has 6 nitrogen and oxygen atoms in total. The van der Waals surface area contributed by atoms with Crippen LogP contribution in [-0.4, -0.2) is 47.9 Å². The second kappa shape index (κ2) is 8.15. The van der Waals surface area contributed by atoms with Crippen molar-refractivity contribution in [2.45, 2.75) is 38.5 Å². The van der Waals surface area contributed by atoms with Gasteiger partial charge < -0.3 is 10.6 Å². The second-order valence-electron chi connectivity index (χ2n) is 6.54. The van der Waals surface area contributed by atoms with Crippen molar-refractivity contribution >= 4 is 17.5 Å². The molecule has 1 fully saturated rings. The first-order chi connectivity index (χ1) is 11.7. The Morgan fingerprint density at radius 1 is 0.917 bits per heavy atom. The fraction of sp³-hybridized carbons (Fsp3) is 0.556. The van der Waals surface area contributed by atoms with Gasteiger partial charge in [0.2, 0.25) is 5.96 Å². The molecule has 4 N–H and O–H groups in total. The van der Waals surface area contributed by atoms with E-state index in [0.717, 1.165) is 68.5 Å². The van der Waals surface area contributed by atoms with Crippen molar-refractivity contribution in [3.8, 4) is 0 Å². The number of piperidine rings is 1. The average molecular weight is 328 g/mol. The molecule has 0 amide bonds. The van der Waals surface area contributed by atoms with Crippen LogP contribution >= 0.6 is 0 Å². The first kappa shape index (κ1) is 16.8. The van der Waals surface area contributed by atoms with Crippen LogP contribution in [0.4, 0.5) is 5.69 Å². The second-order valence-corrected chi connectivity index (χ2v) is 6.54. The van der Waals surface area contributed by atoms with Crippen LogP contribution in [0.2, 0.25) is 0 Å². The third-order valence-electron chi connectivity index (χ3n) is 4.57. The molecule has 0 aromatic heterocycles. The molecule has 1 aromatic rings. The number of amidine groups is 1. The standard InChI is InChI=1S/C18H28N6/c19-16-9-7-8-15(14-16)17-22-18(23-11-4-2-5-12-23)21-10-3-1-6-13-24(17)20/h7-9,14H,1-6,10-13,19-20H2/b21-18?,22-17-. The van der Waals surface area contributed by atoms with E-state index in [9.17, 15) is 0 Å². The van der Waals surface area contributed by atoms with Gasteiger partial charge in [-0.3, -0.25) is 10.0 Å². The summed E-state index contributed by atoms with van der Waals surface area (Å²) in [5, 5.41) is 1.75. The van der Waals surface area contributed by atoms with Crippen molar-refractivity contribution in [2.24, 2.45) is 15.8 Å². The van der Waals surface area contributed by atoms with Crippen molar-refractivity contribution in [1.82, 2.24) is 9.91 Å². The smallest absolute Gasteiger partial charge is 0.222 e. The largest absolute Gasteiger partial charge is 0.399 e. The molecule has 1 saturated heterocycles. The van der Waals surface area contributed by atoms with E-state index in [1.807, 2.05) is 24.3 Å². The van der Waals surface area contributed by atoms with Gasteiger partial charge in [-0.05, 0) is 50.7 Å². The van der Waals surface area contributed by atoms with Crippen molar-refractivity contribution in [1.29, 1.82) is 0 Å². The van der Waals surface area contributed by atoms with Crippen molar-refractivity contribution in [3.63, 3.8) is 0 Å². The molecule has 24 heavy (non-hydrogen) atoms. The number of likely N-dealkylation sites (tertiary alicyclic amines) is 1. The molecule has 3 rings (SSSR count). The zero-order chi connectivity index (χ0) is 16.8. The Labute approximate surface area is 144 Å². The van der Waals surface area contributed by atoms with Gasteiger partial charge >= 0.3 is 0 Å². The van der Waals surface area contributed by atoms with E-state index in [2.05, 4.69) is 4.90 Å². The van der Waals surface area contributed by atoms with Crippen molar-refractivity contribution in [3.05, 3.63) is 29.8 Å². The van der Waals surface area contributed by atoms with Gasteiger partial charge in [-0.25, -0.2) is 5.84 Å². The minimum absolute atomic E-state index is 0.720. The molecule has 0 aliphatic carbocycles. The number of benzene rings is 1. The molecule has 2 heterocycles. The van der Waals surface area contributed by atoms with Crippen LogP contribution in [0, 0.1) is 0 Å². The number of nitrogen functional groups attached to an aromatic ring is 1. The highest BCUT2D eigenvalue weighted by Gasteiger charge is 2.18. The average Bonchev–Trinajstić information content (AvgIpc) is 2.61. The maximum Gasteiger partial charge on any atom is 0.222 e. The summed E-state index contributed by atoms with van der Waals surface area (Å²) in [7, 11) is 0. The van der Waals surface area contributed by atoms with Crippen LogP contribution < -0.4 is 11.6 Å². The third-order valence-corrected chi connectivity index (χ3v) is 4.57. The van der Waals surface area contributed by atoms with Crippen LogP contribution in [0.3, 0.4) is 0 Å². The fourth-order valence-electron chi connectivity index (χ4n) is 3.22. The molecule has 0 radical (unpaired) electrons. The molecule has 2 aliphatic rings. The van der Waals surface area contributed by atoms with Crippen LogP contribution in [0.5, 0.6) is 0 Å². The van der Waals surface area contributed by atoms with Crippen LogP contribution in [-0.2, 0) is 0 Å². The molecule has 1 aromatic carbocycles. The summed E-state index contributed by atoms with van der Waals surface area (Å²) in [6.07, 6.45) is 6.97. The lowest BCUT2D eigenvalue weighted by Gasteiger charge is -2.29. The molecule has 0 saturated carbocycles. The highest BCUT2D eigenvalue weighted by atomic mass is 15.4. The number of nitrogens with two attached hydrogens (primary N) is 2. The third kappa shape index (κ3) is 4.26. The Bertz CT molecular complexity index is 603. The number of anilines is 1. The Morgan fingerprint density at radius 3 is 2.46 bits per heavy atom. The predicted octanol–water partition coefficient (Wildman–Crippen LogP) is 2.22. The van der Waals surface area contributed by atoms with Gasteiger partial charge in [0.1, 0.15) is 0 Å². The van der Waals surface area contributed by atoms with Gasteiger partial charge in [0, 0.05) is 37.4 Å². The number of hydrogen-bond acceptors (Lipinski definition) is 6. The van der Waals surface area contributed by atoms with E-state index in [1.165, 1.54) is 19.3 Å². The zero-order valence-corrected chi connectivity index (χ0v) is 14.3. The molecular weight excluding hydrogens is 300 g/mol. The summed E-state index contributed by atoms with van der Waals surface area (Å²) < 4.78 is 0. The number of hydrazine groups is 1. The van der Waals surface area contributed by atoms with E-state index < -0.39 is 0 Å². The lowest BCUT2D eigenvalue weighted by Crippen LogP contribution is -2.42. The normalized spacial score (nSPS) is 22.5. The van der Waals surface area contributed by atoms with Gasteiger partial charge in [0.05, 0.1) is 0 Å². The van der Waals surface area contributed by atoms with Gasteiger partial charge in [-0.2, -0.15) is 4.99 Å². The maximum absolute atomic E-state index is 6.33. The maximum atomic E-state index is 6.33. The van der Waals surface area contributed by atoms with E-state index in [-0.39, 0.29) is 0 Å². The molecule has 0 unspecified atom stereocenters. The SMILES string of the molecule is Nc1cccc(/C2=N/C(N3CCCCC3)=NCCCCCN2N)c1. The van der Waals surface area contributed by atoms with E-state index >= 15 is 0 Å². The molecule has 0 spiro atoms. The summed E-state index contributed by atoms with van der Waals surface area (Å²) in [4.78, 5) is 12.0. The molecule has 0 atom stereocenters. The van der Waals surface area contributed by atoms with Gasteiger partial charge in [-0.1, -0.05) is 12.1 Å². The fourth-order valence-corrected chi connectivity index (χ4v) is 3.22. The summed E-state index contributed by atoms with van der Waals surface area (Å²) >= 11 is 0. The highest BCUT2D eigenvalue weighted by molar-refractivity contribution is 6.06. The Kier molecular flexibility index (Phi) is 5.69. The summed E-state index contributed by atoms with van der Waals surface area (Å²) in [5.74, 6) is 7.91. The Balaban J connectivity index is 1.97. The summed E-state index contributed by atoms with van der Waals surface area (Å²) in [5.41, 5.74) is 7.63. The predicted molar refractivity (Wildman–Crippen MR) is 99.9 cm³/mol. The van der Waals surface area contributed by atoms with E-state index in [0.29, 0.717) is 0 Å². The lowest BCUT2D eigenvalue weighted by atomic mass is 10.1. The van der Waals surface area contributed by atoms with Gasteiger partial charge in [0.15, 0.2) is 5.84 Å². The monoisotopic (exact) mass is 328 g/mol. The topological polar surface area (TPSA) is 83.2 Å². The Hall–Kier alpha value is -2.08. The number of guanidine groups is 1. The Morgan fingerprint density at radius 2 is 1.67 bits per heavy atom. The molecular formula is C18H28N6. The van der Waals surface area contributed by atoms with Crippen molar-refractivity contribution < 1.29 is 0 Å². The van der Waals surface area contributed by atoms with Gasteiger partial charge in [-0.15, -0.1) is 0 Å². The lowest BCUT2D eigenvalue weighted by molar-refractivity contribution is 0.336. The first-order valence-electron chi connectivity index (χ1n) is 9.00. The first-order valence-corrected chi connectivity index (χ1v) is 9.00. The summed E-state index contributed by atoms with van der Waals surface area (Å²) in [6, 6.07) is 7.76.